The molecular formula is C28H35N3O6. The van der Waals surface area contributed by atoms with Crippen molar-refractivity contribution in [1.29, 1.82) is 0 Å². The Labute approximate surface area is 221 Å². The molecule has 2 saturated heterocycles. The maximum absolute atomic E-state index is 13.4. The van der Waals surface area contributed by atoms with Crippen LogP contribution in [0.3, 0.4) is 0 Å². The Bertz CT molecular complexity index is 1260. The summed E-state index contributed by atoms with van der Waals surface area (Å²) in [6.07, 6.45) is -0.0821. The van der Waals surface area contributed by atoms with Gasteiger partial charge in [0, 0.05) is 43.6 Å². The Balaban J connectivity index is 1.52. The fourth-order valence-corrected chi connectivity index (χ4v) is 4.95. The van der Waals surface area contributed by atoms with Gasteiger partial charge in [-0.15, -0.1) is 0 Å². The number of esters is 1. The molecule has 2 aromatic rings. The van der Waals surface area contributed by atoms with E-state index >= 15 is 0 Å². The van der Waals surface area contributed by atoms with E-state index in [1.807, 2.05) is 24.3 Å². The second-order valence-corrected chi connectivity index (χ2v) is 10.5. The maximum atomic E-state index is 13.4. The largest absolute Gasteiger partial charge is 0.497 e. The smallest absolute Gasteiger partial charge is 0.407 e. The number of hydrogen-bond donors (Lipinski definition) is 1. The normalized spacial score (nSPS) is 20.3. The standard InChI is InChI=1S/C28H35N3O6/c1-28(2,3)37-25(32)24(20-11-12-29(18-20)27(34)35)16-19-7-5-8-21(15-19)30-13-14-31(26(30)33)22-9-6-10-23(17-22)36-4/h5-10,15,17,20,24H,11-14,16,18H2,1-4H3,(H,34,35)/t20-,24?/m0/s1/i4T3. The molecular weight excluding hydrogens is 474 g/mol. The number of nitrogens with zero attached hydrogens (tertiary/aromatic N) is 3. The van der Waals surface area contributed by atoms with Crippen molar-refractivity contribution in [3.05, 3.63) is 54.1 Å². The molecule has 0 aliphatic carbocycles. The van der Waals surface area contributed by atoms with Crippen molar-refractivity contribution in [2.75, 3.05) is 43.0 Å². The van der Waals surface area contributed by atoms with E-state index in [-0.39, 0.29) is 30.2 Å². The van der Waals surface area contributed by atoms with Crippen LogP contribution in [0.5, 0.6) is 5.75 Å². The minimum Gasteiger partial charge on any atom is -0.497 e. The number of carbonyl (C=O) groups is 3. The van der Waals surface area contributed by atoms with E-state index < -0.39 is 24.7 Å². The number of carbonyl (C=O) groups excluding carboxylic acids is 2. The van der Waals surface area contributed by atoms with Gasteiger partial charge in [-0.3, -0.25) is 14.6 Å². The van der Waals surface area contributed by atoms with Crippen LogP contribution in [0.15, 0.2) is 48.5 Å². The van der Waals surface area contributed by atoms with E-state index in [4.69, 9.17) is 13.6 Å². The zero-order valence-electron chi connectivity index (χ0n) is 24.3. The van der Waals surface area contributed by atoms with Gasteiger partial charge in [0.05, 0.1) is 17.1 Å². The molecule has 2 aliphatic rings. The number of methoxy groups -OCH3 is 1. The van der Waals surface area contributed by atoms with Gasteiger partial charge in [0.15, 0.2) is 0 Å². The molecule has 9 heteroatoms. The SMILES string of the molecule is [3H]C([3H])([3H])Oc1cccc(N2CCN(c3cccc(CC(C(=O)OC(C)(C)C)[C@H]4CCN(C(=O)O)C4)c3)C2=O)c1. The number of anilines is 2. The van der Waals surface area contributed by atoms with E-state index in [1.54, 1.807) is 42.7 Å². The molecule has 0 radical (unpaired) electrons. The molecule has 0 aromatic heterocycles. The van der Waals surface area contributed by atoms with Crippen LogP contribution in [-0.4, -0.2) is 66.9 Å². The van der Waals surface area contributed by atoms with Gasteiger partial charge in [0.2, 0.25) is 0 Å². The molecule has 0 spiro atoms. The van der Waals surface area contributed by atoms with Gasteiger partial charge in [-0.05, 0) is 69.4 Å². The Morgan fingerprint density at radius 3 is 2.38 bits per heavy atom. The molecule has 1 N–H and O–H groups in total. The monoisotopic (exact) mass is 515 g/mol. The average molecular weight is 516 g/mol. The highest BCUT2D eigenvalue weighted by atomic mass is 16.6. The van der Waals surface area contributed by atoms with Gasteiger partial charge < -0.3 is 19.5 Å². The summed E-state index contributed by atoms with van der Waals surface area (Å²) in [4.78, 5) is 42.6. The van der Waals surface area contributed by atoms with Crippen LogP contribution in [0.1, 0.15) is 36.9 Å². The number of urea groups is 1. The van der Waals surface area contributed by atoms with E-state index in [9.17, 15) is 19.5 Å². The number of likely N-dealkylation sites (tertiary alicyclic amines) is 1. The first-order valence-electron chi connectivity index (χ1n) is 13.9. The molecule has 4 rings (SSSR count). The number of rotatable bonds is 7. The number of hydrogen-bond acceptors (Lipinski definition) is 5. The molecule has 2 fully saturated rings. The van der Waals surface area contributed by atoms with E-state index in [2.05, 4.69) is 0 Å². The van der Waals surface area contributed by atoms with Gasteiger partial charge in [0.25, 0.3) is 0 Å². The summed E-state index contributed by atoms with van der Waals surface area (Å²) in [5.74, 6) is -0.932. The molecule has 3 amide bonds. The van der Waals surface area contributed by atoms with Crippen LogP contribution in [0.2, 0.25) is 0 Å². The zero-order valence-corrected chi connectivity index (χ0v) is 21.3. The lowest BCUT2D eigenvalue weighted by Gasteiger charge is -2.27. The second kappa shape index (κ2) is 10.7. The Morgan fingerprint density at radius 1 is 1.08 bits per heavy atom. The van der Waals surface area contributed by atoms with Crippen molar-refractivity contribution in [2.45, 2.75) is 39.2 Å². The minimum absolute atomic E-state index is 0.146. The highest BCUT2D eigenvalue weighted by molar-refractivity contribution is 6.06. The summed E-state index contributed by atoms with van der Waals surface area (Å²) in [5.41, 5.74) is 1.35. The average Bonchev–Trinajstić information content (AvgIpc) is 3.48. The molecule has 2 heterocycles. The first kappa shape index (κ1) is 22.4. The van der Waals surface area contributed by atoms with Crippen LogP contribution < -0.4 is 14.5 Å². The summed E-state index contributed by atoms with van der Waals surface area (Å²) in [6.45, 7) is 6.86. The Morgan fingerprint density at radius 2 is 1.76 bits per heavy atom. The quantitative estimate of drug-likeness (QED) is 0.539. The van der Waals surface area contributed by atoms with E-state index in [0.717, 1.165) is 5.56 Å². The number of carboxylic acid groups (broad SMARTS) is 1. The lowest BCUT2D eigenvalue weighted by molar-refractivity contribution is -0.161. The second-order valence-electron chi connectivity index (χ2n) is 10.5. The highest BCUT2D eigenvalue weighted by Crippen LogP contribution is 2.32. The summed E-state index contributed by atoms with van der Waals surface area (Å²) in [5, 5.41) is 9.42. The number of ether oxygens (including phenoxy) is 2. The van der Waals surface area contributed by atoms with Crippen LogP contribution in [-0.2, 0) is 16.0 Å². The van der Waals surface area contributed by atoms with E-state index in [0.29, 0.717) is 43.9 Å². The molecule has 37 heavy (non-hydrogen) atoms. The predicted molar refractivity (Wildman–Crippen MR) is 140 cm³/mol. The van der Waals surface area contributed by atoms with Crippen LogP contribution in [0.4, 0.5) is 21.0 Å². The van der Waals surface area contributed by atoms with Crippen molar-refractivity contribution in [2.24, 2.45) is 11.8 Å². The van der Waals surface area contributed by atoms with Gasteiger partial charge in [-0.2, -0.15) is 0 Å². The summed E-state index contributed by atoms with van der Waals surface area (Å²) < 4.78 is 32.7. The van der Waals surface area contributed by atoms with E-state index in [1.165, 1.54) is 17.0 Å². The third-order valence-corrected chi connectivity index (χ3v) is 6.71. The van der Waals surface area contributed by atoms with Crippen LogP contribution in [0.25, 0.3) is 0 Å². The summed E-state index contributed by atoms with van der Waals surface area (Å²) in [6, 6.07) is 13.6. The molecule has 2 atom stereocenters. The van der Waals surface area contributed by atoms with Crippen molar-refractivity contribution in [1.82, 2.24) is 4.90 Å². The fraction of sp³-hybridized carbons (Fsp3) is 0.464. The third kappa shape index (κ3) is 6.15. The highest BCUT2D eigenvalue weighted by Gasteiger charge is 2.38. The summed E-state index contributed by atoms with van der Waals surface area (Å²) >= 11 is 0. The predicted octanol–water partition coefficient (Wildman–Crippen LogP) is 4.64. The summed E-state index contributed by atoms with van der Waals surface area (Å²) in [7, 11) is -2.60. The van der Waals surface area contributed by atoms with Crippen LogP contribution >= 0.6 is 0 Å². The van der Waals surface area contributed by atoms with Crippen molar-refractivity contribution < 1.29 is 33.1 Å². The van der Waals surface area contributed by atoms with Gasteiger partial charge >= 0.3 is 18.1 Å². The molecule has 2 aliphatic heterocycles. The lowest BCUT2D eigenvalue weighted by atomic mass is 9.86. The maximum Gasteiger partial charge on any atom is 0.407 e. The molecule has 2 aromatic carbocycles. The lowest BCUT2D eigenvalue weighted by Crippen LogP contribution is -2.36. The Kier molecular flexibility index (Phi) is 6.49. The first-order chi connectivity index (χ1) is 18.7. The minimum atomic E-state index is -2.60. The first-order valence-corrected chi connectivity index (χ1v) is 12.4. The zero-order chi connectivity index (χ0) is 29.2. The molecule has 0 bridgehead atoms. The van der Waals surface area contributed by atoms with Crippen molar-refractivity contribution >= 4 is 29.5 Å². The molecule has 1 unspecified atom stereocenters. The van der Waals surface area contributed by atoms with Gasteiger partial charge in [0.1, 0.15) is 11.4 Å². The topological polar surface area (TPSA) is 99.6 Å². The van der Waals surface area contributed by atoms with Crippen molar-refractivity contribution in [3.63, 3.8) is 0 Å². The Hall–Kier alpha value is -3.75. The fourth-order valence-electron chi connectivity index (χ4n) is 4.95. The van der Waals surface area contributed by atoms with Crippen molar-refractivity contribution in [3.8, 4) is 5.75 Å². The molecule has 198 valence electrons. The molecule has 0 saturated carbocycles. The molecule has 9 nitrogen and oxygen atoms in total. The van der Waals surface area contributed by atoms with Gasteiger partial charge in [-0.1, -0.05) is 18.2 Å². The number of amides is 3. The van der Waals surface area contributed by atoms with Crippen LogP contribution in [0, 0.1) is 11.8 Å². The number of benzene rings is 2. The third-order valence-electron chi connectivity index (χ3n) is 6.71. The van der Waals surface area contributed by atoms with Gasteiger partial charge in [-0.25, -0.2) is 9.59 Å².